The normalized spacial score (nSPS) is 16.3. The summed E-state index contributed by atoms with van der Waals surface area (Å²) in [4.78, 5) is 40.3. The number of rotatable bonds is 9. The lowest BCUT2D eigenvalue weighted by Gasteiger charge is -2.33. The summed E-state index contributed by atoms with van der Waals surface area (Å²) < 4.78 is 61.2. The highest BCUT2D eigenvalue weighted by atomic mass is 35.5. The molecule has 0 radical (unpaired) electrons. The van der Waals surface area contributed by atoms with E-state index in [1.807, 2.05) is 0 Å². The number of nitrogens with two attached hydrogens (primary N) is 1. The molecule has 5 heterocycles. The van der Waals surface area contributed by atoms with Gasteiger partial charge >= 0.3 is 12.0 Å². The van der Waals surface area contributed by atoms with Gasteiger partial charge in [0.1, 0.15) is 0 Å². The largest absolute Gasteiger partial charge is 0.482 e. The van der Waals surface area contributed by atoms with Gasteiger partial charge in [-0.15, -0.1) is 0 Å². The summed E-state index contributed by atoms with van der Waals surface area (Å²) in [6.45, 7) is 1.50. The SMILES string of the molecule is CC(c1cc(S(C)(=O)=O)ccn1)n1ncc2c(-c3ccc4c(c3)OC(F)(F)C(=O)N4Cc3ccc(Cl)cn3)c(C(N)=O)c(CC3CC3)nc21. The number of pyridine rings is 3. The maximum atomic E-state index is 15.1. The van der Waals surface area contributed by atoms with Crippen molar-refractivity contribution in [3.63, 3.8) is 0 Å². The number of carbonyl (C=O) groups is 2. The Bertz CT molecular complexity index is 2280. The molecule has 0 spiro atoms. The number of ether oxygens (including phenoxy) is 1. The summed E-state index contributed by atoms with van der Waals surface area (Å²) in [7, 11) is -3.52. The summed E-state index contributed by atoms with van der Waals surface area (Å²) >= 11 is 5.92. The Hall–Kier alpha value is -5.02. The van der Waals surface area contributed by atoms with Gasteiger partial charge in [-0.1, -0.05) is 17.7 Å². The van der Waals surface area contributed by atoms with Crippen LogP contribution >= 0.6 is 11.6 Å². The molecule has 16 heteroatoms. The van der Waals surface area contributed by atoms with Crippen LogP contribution in [0.3, 0.4) is 0 Å². The number of anilines is 1. The minimum Gasteiger partial charge on any atom is -0.423 e. The van der Waals surface area contributed by atoms with Crippen LogP contribution in [0.4, 0.5) is 14.5 Å². The molecule has 1 fully saturated rings. The highest BCUT2D eigenvalue weighted by molar-refractivity contribution is 7.90. The molecule has 1 aromatic carbocycles. The highest BCUT2D eigenvalue weighted by Crippen LogP contribution is 2.45. The number of hydrogen-bond donors (Lipinski definition) is 1. The van der Waals surface area contributed by atoms with Crippen LogP contribution in [0.1, 0.15) is 53.2 Å². The quantitative estimate of drug-likeness (QED) is 0.219. The van der Waals surface area contributed by atoms with Gasteiger partial charge in [-0.05, 0) is 74.1 Å². The lowest BCUT2D eigenvalue weighted by atomic mass is 9.93. The lowest BCUT2D eigenvalue weighted by Crippen LogP contribution is -2.50. The number of amides is 2. The van der Waals surface area contributed by atoms with E-state index in [4.69, 9.17) is 27.1 Å². The predicted octanol–water partition coefficient (Wildman–Crippen LogP) is 5.12. The van der Waals surface area contributed by atoms with Crippen LogP contribution in [-0.4, -0.2) is 57.3 Å². The molecule has 49 heavy (non-hydrogen) atoms. The topological polar surface area (TPSA) is 163 Å². The van der Waals surface area contributed by atoms with E-state index < -0.39 is 33.8 Å². The second-order valence-corrected chi connectivity index (χ2v) is 14.6. The summed E-state index contributed by atoms with van der Waals surface area (Å²) in [5.74, 6) is -2.35. The Morgan fingerprint density at radius 3 is 2.59 bits per heavy atom. The number of carbonyl (C=O) groups excluding carboxylic acids is 2. The predicted molar refractivity (Wildman–Crippen MR) is 175 cm³/mol. The van der Waals surface area contributed by atoms with Crippen LogP contribution in [0.5, 0.6) is 5.75 Å². The Morgan fingerprint density at radius 1 is 1.14 bits per heavy atom. The summed E-state index contributed by atoms with van der Waals surface area (Å²) in [5, 5.41) is 5.30. The smallest absolute Gasteiger partial charge is 0.423 e. The van der Waals surface area contributed by atoms with Crippen molar-refractivity contribution < 1.29 is 31.5 Å². The van der Waals surface area contributed by atoms with Gasteiger partial charge in [0.2, 0.25) is 0 Å². The first-order valence-corrected chi connectivity index (χ1v) is 17.5. The maximum absolute atomic E-state index is 15.1. The highest BCUT2D eigenvalue weighted by Gasteiger charge is 2.50. The van der Waals surface area contributed by atoms with Gasteiger partial charge in [-0.3, -0.25) is 24.5 Å². The number of primary amides is 1. The van der Waals surface area contributed by atoms with Crippen molar-refractivity contribution in [1.29, 1.82) is 0 Å². The van der Waals surface area contributed by atoms with Crippen LogP contribution in [0, 0.1) is 5.92 Å². The third kappa shape index (κ3) is 6.08. The molecule has 12 nitrogen and oxygen atoms in total. The number of alkyl halides is 2. The van der Waals surface area contributed by atoms with Gasteiger partial charge in [0, 0.05) is 29.6 Å². The number of fused-ring (bicyclic) bond motifs is 2. The van der Waals surface area contributed by atoms with Gasteiger partial charge in [0.05, 0.1) is 57.0 Å². The fourth-order valence-electron chi connectivity index (χ4n) is 5.95. The first-order valence-electron chi connectivity index (χ1n) is 15.2. The van der Waals surface area contributed by atoms with E-state index in [0.717, 1.165) is 24.0 Å². The van der Waals surface area contributed by atoms with Crippen LogP contribution in [0.2, 0.25) is 5.02 Å². The molecule has 7 rings (SSSR count). The van der Waals surface area contributed by atoms with Gasteiger partial charge in [-0.25, -0.2) is 18.1 Å². The Morgan fingerprint density at radius 2 is 1.92 bits per heavy atom. The number of sulfone groups is 1. The van der Waals surface area contributed by atoms with Crippen molar-refractivity contribution in [3.8, 4) is 16.9 Å². The standard InChI is InChI=1S/C33H28ClF2N7O5S/c1-17(24-13-22(9-10-38-24)49(2,46)47)43-31-23(15-40-43)28(29(30(37)44)25(41-31)11-18-3-4-18)19-5-8-26-27(12-19)48-33(35,36)32(45)42(26)16-21-7-6-20(34)14-39-21/h5-10,12-15,17-18H,3-4,11,16H2,1-2H3,(H2,37,44). The van der Waals surface area contributed by atoms with E-state index in [0.29, 0.717) is 50.7 Å². The van der Waals surface area contributed by atoms with Crippen LogP contribution in [-0.2, 0) is 27.6 Å². The third-order valence-electron chi connectivity index (χ3n) is 8.60. The van der Waals surface area contributed by atoms with Crippen molar-refractivity contribution >= 4 is 50.0 Å². The number of halogens is 3. The zero-order valence-electron chi connectivity index (χ0n) is 26.1. The van der Waals surface area contributed by atoms with E-state index in [2.05, 4.69) is 15.1 Å². The molecule has 4 aromatic heterocycles. The summed E-state index contributed by atoms with van der Waals surface area (Å²) in [6, 6.07) is 9.70. The number of nitrogens with zero attached hydrogens (tertiary/aromatic N) is 6. The van der Waals surface area contributed by atoms with Crippen molar-refractivity contribution in [2.45, 2.75) is 49.8 Å². The molecular weight excluding hydrogens is 680 g/mol. The second kappa shape index (κ2) is 11.8. The fraction of sp³-hybridized carbons (Fsp3) is 0.273. The number of hydrogen-bond acceptors (Lipinski definition) is 9. The monoisotopic (exact) mass is 707 g/mol. The van der Waals surface area contributed by atoms with Crippen LogP contribution in [0.15, 0.2) is 66.0 Å². The zero-order valence-corrected chi connectivity index (χ0v) is 27.7. The molecule has 2 amide bonds. The molecule has 2 aliphatic rings. The molecule has 0 saturated heterocycles. The Balaban J connectivity index is 1.39. The number of benzene rings is 1. The van der Waals surface area contributed by atoms with Gasteiger partial charge in [-0.2, -0.15) is 13.9 Å². The zero-order chi connectivity index (χ0) is 34.8. The third-order valence-corrected chi connectivity index (χ3v) is 9.93. The van der Waals surface area contributed by atoms with E-state index in [9.17, 15) is 18.0 Å². The minimum absolute atomic E-state index is 0.0710. The van der Waals surface area contributed by atoms with Crippen LogP contribution in [0.25, 0.3) is 22.2 Å². The van der Waals surface area contributed by atoms with Crippen LogP contribution < -0.4 is 15.4 Å². The summed E-state index contributed by atoms with van der Waals surface area (Å²) in [6.07, 6.45) is 3.48. The molecule has 1 aliphatic heterocycles. The first-order chi connectivity index (χ1) is 23.2. The van der Waals surface area contributed by atoms with E-state index >= 15 is 8.78 Å². The molecule has 1 unspecified atom stereocenters. The van der Waals surface area contributed by atoms with Crippen molar-refractivity contribution in [1.82, 2.24) is 24.7 Å². The fourth-order valence-corrected chi connectivity index (χ4v) is 6.71. The maximum Gasteiger partial charge on any atom is 0.482 e. The minimum atomic E-state index is -4.19. The van der Waals surface area contributed by atoms with Gasteiger partial charge in [0.25, 0.3) is 5.91 Å². The van der Waals surface area contributed by atoms with E-state index in [-0.39, 0.29) is 34.4 Å². The summed E-state index contributed by atoms with van der Waals surface area (Å²) in [5.41, 5.74) is 8.27. The average molecular weight is 708 g/mol. The Kier molecular flexibility index (Phi) is 7.86. The molecule has 5 aromatic rings. The second-order valence-electron chi connectivity index (χ2n) is 12.2. The molecule has 252 valence electrons. The molecule has 1 aliphatic carbocycles. The van der Waals surface area contributed by atoms with Crippen molar-refractivity contribution in [2.75, 3.05) is 11.2 Å². The molecular formula is C33H28ClF2N7O5S. The average Bonchev–Trinajstić information content (AvgIpc) is 3.77. The van der Waals surface area contributed by atoms with Crippen molar-refractivity contribution in [3.05, 3.63) is 88.7 Å². The first kappa shape index (κ1) is 32.5. The van der Waals surface area contributed by atoms with Gasteiger partial charge < -0.3 is 10.5 Å². The molecule has 1 atom stereocenters. The van der Waals surface area contributed by atoms with Crippen molar-refractivity contribution in [2.24, 2.45) is 11.7 Å². The molecule has 0 bridgehead atoms. The van der Waals surface area contributed by atoms with E-state index in [1.165, 1.54) is 55.0 Å². The molecule has 2 N–H and O–H groups in total. The lowest BCUT2D eigenvalue weighted by molar-refractivity contribution is -0.193. The van der Waals surface area contributed by atoms with E-state index in [1.54, 1.807) is 17.7 Å². The molecule has 1 saturated carbocycles. The Labute approximate surface area is 283 Å². The number of aromatic nitrogens is 5. The van der Waals surface area contributed by atoms with Gasteiger partial charge in [0.15, 0.2) is 21.2 Å².